The molecule has 0 unspecified atom stereocenters. The van der Waals surface area contributed by atoms with Crippen molar-refractivity contribution in [1.29, 1.82) is 0 Å². The quantitative estimate of drug-likeness (QED) is 0.814. The van der Waals surface area contributed by atoms with Gasteiger partial charge in [0.2, 0.25) is 0 Å². The standard InChI is InChI=1S/C10H15N5/c1-3-14-5-4-12-10(14)7-15-8(2)6-9(11)13-15/h4-6H,3,7H2,1-2H3,(H2,11,13). The number of nitrogen functional groups attached to an aromatic ring is 1. The van der Waals surface area contributed by atoms with Crippen molar-refractivity contribution in [1.82, 2.24) is 19.3 Å². The van der Waals surface area contributed by atoms with Gasteiger partial charge in [-0.1, -0.05) is 0 Å². The number of imidazole rings is 1. The topological polar surface area (TPSA) is 61.7 Å². The average Bonchev–Trinajstić information content (AvgIpc) is 2.74. The second-order valence-corrected chi connectivity index (χ2v) is 3.50. The monoisotopic (exact) mass is 205 g/mol. The molecule has 0 aliphatic heterocycles. The lowest BCUT2D eigenvalue weighted by Gasteiger charge is -2.06. The number of anilines is 1. The van der Waals surface area contributed by atoms with Gasteiger partial charge in [-0.3, -0.25) is 4.68 Å². The molecule has 0 aromatic carbocycles. The van der Waals surface area contributed by atoms with E-state index in [1.807, 2.05) is 23.9 Å². The third kappa shape index (κ3) is 1.86. The summed E-state index contributed by atoms with van der Waals surface area (Å²) in [6.07, 6.45) is 3.78. The molecule has 0 fully saturated rings. The summed E-state index contributed by atoms with van der Waals surface area (Å²) in [5.41, 5.74) is 6.67. The van der Waals surface area contributed by atoms with Gasteiger partial charge < -0.3 is 10.3 Å². The highest BCUT2D eigenvalue weighted by Gasteiger charge is 2.06. The molecule has 0 saturated carbocycles. The van der Waals surface area contributed by atoms with Crippen LogP contribution in [0.1, 0.15) is 18.4 Å². The number of hydrogen-bond acceptors (Lipinski definition) is 3. The van der Waals surface area contributed by atoms with E-state index >= 15 is 0 Å². The predicted octanol–water partition coefficient (Wildman–Crippen LogP) is 1.04. The lowest BCUT2D eigenvalue weighted by Crippen LogP contribution is -2.10. The van der Waals surface area contributed by atoms with E-state index in [-0.39, 0.29) is 0 Å². The van der Waals surface area contributed by atoms with Crippen LogP contribution in [0.15, 0.2) is 18.5 Å². The van der Waals surface area contributed by atoms with Gasteiger partial charge in [0.1, 0.15) is 11.6 Å². The molecule has 5 nitrogen and oxygen atoms in total. The van der Waals surface area contributed by atoms with Crippen molar-refractivity contribution < 1.29 is 0 Å². The molecule has 0 atom stereocenters. The van der Waals surface area contributed by atoms with Crippen molar-refractivity contribution in [2.75, 3.05) is 5.73 Å². The molecule has 0 radical (unpaired) electrons. The first-order chi connectivity index (χ1) is 7.20. The van der Waals surface area contributed by atoms with E-state index in [0.717, 1.165) is 18.1 Å². The van der Waals surface area contributed by atoms with Crippen LogP contribution in [0.4, 0.5) is 5.82 Å². The van der Waals surface area contributed by atoms with Crippen molar-refractivity contribution in [2.24, 2.45) is 0 Å². The van der Waals surface area contributed by atoms with Crippen molar-refractivity contribution in [2.45, 2.75) is 26.9 Å². The second-order valence-electron chi connectivity index (χ2n) is 3.50. The van der Waals surface area contributed by atoms with E-state index in [2.05, 4.69) is 21.6 Å². The summed E-state index contributed by atoms with van der Waals surface area (Å²) in [6.45, 7) is 5.67. The fraction of sp³-hybridized carbons (Fsp3) is 0.400. The first-order valence-corrected chi connectivity index (χ1v) is 5.00. The van der Waals surface area contributed by atoms with Gasteiger partial charge in [-0.05, 0) is 13.8 Å². The van der Waals surface area contributed by atoms with Gasteiger partial charge in [0, 0.05) is 30.7 Å². The SMILES string of the molecule is CCn1ccnc1Cn1nc(N)cc1C. The Balaban J connectivity index is 2.25. The van der Waals surface area contributed by atoms with E-state index in [0.29, 0.717) is 12.4 Å². The van der Waals surface area contributed by atoms with Crippen LogP contribution >= 0.6 is 0 Å². The zero-order valence-corrected chi connectivity index (χ0v) is 9.01. The molecular formula is C10H15N5. The van der Waals surface area contributed by atoms with Crippen LogP contribution in [0.3, 0.4) is 0 Å². The molecule has 2 heterocycles. The highest BCUT2D eigenvalue weighted by molar-refractivity contribution is 5.28. The Labute approximate surface area is 88.5 Å². The van der Waals surface area contributed by atoms with Crippen LogP contribution in [-0.2, 0) is 13.1 Å². The lowest BCUT2D eigenvalue weighted by molar-refractivity contribution is 0.597. The molecule has 15 heavy (non-hydrogen) atoms. The first-order valence-electron chi connectivity index (χ1n) is 5.00. The van der Waals surface area contributed by atoms with E-state index < -0.39 is 0 Å². The molecule has 80 valence electrons. The lowest BCUT2D eigenvalue weighted by atomic mass is 10.4. The van der Waals surface area contributed by atoms with Crippen molar-refractivity contribution >= 4 is 5.82 Å². The summed E-state index contributed by atoms with van der Waals surface area (Å²) >= 11 is 0. The van der Waals surface area contributed by atoms with Gasteiger partial charge in [0.15, 0.2) is 0 Å². The van der Waals surface area contributed by atoms with Crippen LogP contribution in [-0.4, -0.2) is 19.3 Å². The third-order valence-corrected chi connectivity index (χ3v) is 2.43. The average molecular weight is 205 g/mol. The predicted molar refractivity (Wildman–Crippen MR) is 58.4 cm³/mol. The van der Waals surface area contributed by atoms with E-state index in [4.69, 9.17) is 5.73 Å². The summed E-state index contributed by atoms with van der Waals surface area (Å²) < 4.78 is 3.96. The summed E-state index contributed by atoms with van der Waals surface area (Å²) in [5, 5.41) is 4.20. The first kappa shape index (κ1) is 9.76. The number of nitrogens with zero attached hydrogens (tertiary/aromatic N) is 4. The Kier molecular flexibility index (Phi) is 2.45. The zero-order chi connectivity index (χ0) is 10.8. The van der Waals surface area contributed by atoms with Gasteiger partial charge in [-0.2, -0.15) is 5.10 Å². The van der Waals surface area contributed by atoms with Gasteiger partial charge in [0.05, 0.1) is 6.54 Å². The van der Waals surface area contributed by atoms with E-state index in [1.54, 1.807) is 6.20 Å². The molecule has 0 spiro atoms. The normalized spacial score (nSPS) is 10.8. The molecule has 0 saturated heterocycles. The minimum atomic E-state index is 0.558. The Morgan fingerprint density at radius 1 is 1.47 bits per heavy atom. The van der Waals surface area contributed by atoms with Crippen molar-refractivity contribution in [3.8, 4) is 0 Å². The van der Waals surface area contributed by atoms with Crippen LogP contribution in [0, 0.1) is 6.92 Å². The molecule has 2 aromatic rings. The van der Waals surface area contributed by atoms with Gasteiger partial charge in [-0.25, -0.2) is 4.98 Å². The summed E-state index contributed by atoms with van der Waals surface area (Å²) in [4.78, 5) is 4.29. The minimum absolute atomic E-state index is 0.558. The zero-order valence-electron chi connectivity index (χ0n) is 9.01. The molecule has 2 rings (SSSR count). The Bertz CT molecular complexity index is 454. The second kappa shape index (κ2) is 3.76. The van der Waals surface area contributed by atoms with Crippen LogP contribution in [0.5, 0.6) is 0 Å². The maximum absolute atomic E-state index is 5.62. The number of nitrogens with two attached hydrogens (primary N) is 1. The van der Waals surface area contributed by atoms with Crippen LogP contribution in [0.2, 0.25) is 0 Å². The highest BCUT2D eigenvalue weighted by Crippen LogP contribution is 2.07. The molecule has 0 aliphatic rings. The molecule has 2 aromatic heterocycles. The van der Waals surface area contributed by atoms with Crippen molar-refractivity contribution in [3.05, 3.63) is 30.0 Å². The highest BCUT2D eigenvalue weighted by atomic mass is 15.3. The van der Waals surface area contributed by atoms with Gasteiger partial charge in [-0.15, -0.1) is 0 Å². The van der Waals surface area contributed by atoms with E-state index in [1.165, 1.54) is 0 Å². The molecule has 0 bridgehead atoms. The molecule has 0 aliphatic carbocycles. The van der Waals surface area contributed by atoms with Crippen LogP contribution in [0.25, 0.3) is 0 Å². The fourth-order valence-corrected chi connectivity index (χ4v) is 1.61. The third-order valence-electron chi connectivity index (χ3n) is 2.43. The number of aryl methyl sites for hydroxylation is 2. The minimum Gasteiger partial charge on any atom is -0.382 e. The summed E-state index contributed by atoms with van der Waals surface area (Å²) in [7, 11) is 0. The Hall–Kier alpha value is -1.78. The van der Waals surface area contributed by atoms with Crippen LogP contribution < -0.4 is 5.73 Å². The summed E-state index contributed by atoms with van der Waals surface area (Å²) in [5.74, 6) is 1.56. The maximum atomic E-state index is 5.62. The smallest absolute Gasteiger partial charge is 0.145 e. The van der Waals surface area contributed by atoms with Gasteiger partial charge >= 0.3 is 0 Å². The Morgan fingerprint density at radius 3 is 2.87 bits per heavy atom. The maximum Gasteiger partial charge on any atom is 0.145 e. The largest absolute Gasteiger partial charge is 0.382 e. The summed E-state index contributed by atoms with van der Waals surface area (Å²) in [6, 6.07) is 1.86. The van der Waals surface area contributed by atoms with E-state index in [9.17, 15) is 0 Å². The molecule has 0 amide bonds. The Morgan fingerprint density at radius 2 is 2.27 bits per heavy atom. The number of rotatable bonds is 3. The number of hydrogen-bond donors (Lipinski definition) is 1. The molecule has 2 N–H and O–H groups in total. The van der Waals surface area contributed by atoms with Gasteiger partial charge in [0.25, 0.3) is 0 Å². The fourth-order valence-electron chi connectivity index (χ4n) is 1.61. The molecular weight excluding hydrogens is 190 g/mol. The van der Waals surface area contributed by atoms with Crippen molar-refractivity contribution in [3.63, 3.8) is 0 Å². The molecule has 5 heteroatoms. The number of aromatic nitrogens is 4.